The van der Waals surface area contributed by atoms with Crippen LogP contribution in [0.15, 0.2) is 12.1 Å². The van der Waals surface area contributed by atoms with Gasteiger partial charge in [0.1, 0.15) is 0 Å². The minimum absolute atomic E-state index is 0.178. The number of pyridine rings is 1. The topological polar surface area (TPSA) is 38.9 Å². The number of nitrogens with two attached hydrogens (primary N) is 1. The van der Waals surface area contributed by atoms with E-state index in [1.807, 2.05) is 13.8 Å². The normalized spacial score (nSPS) is 12.8. The van der Waals surface area contributed by atoms with E-state index in [0.29, 0.717) is 0 Å². The maximum absolute atomic E-state index is 6.19. The lowest BCUT2D eigenvalue weighted by atomic mass is 10.0. The van der Waals surface area contributed by atoms with Crippen molar-refractivity contribution >= 4 is 0 Å². The molecule has 0 aliphatic rings. The molecule has 0 fully saturated rings. The fourth-order valence-corrected chi connectivity index (χ4v) is 2.04. The van der Waals surface area contributed by atoms with Gasteiger partial charge in [-0.05, 0) is 38.0 Å². The quantitative estimate of drug-likeness (QED) is 0.743. The molecule has 1 rings (SSSR count). The van der Waals surface area contributed by atoms with Gasteiger partial charge in [0.25, 0.3) is 0 Å². The van der Waals surface area contributed by atoms with Crippen molar-refractivity contribution in [1.82, 2.24) is 4.98 Å². The van der Waals surface area contributed by atoms with Crippen molar-refractivity contribution in [1.29, 1.82) is 0 Å². The lowest BCUT2D eigenvalue weighted by Crippen LogP contribution is -2.11. The first-order chi connectivity index (χ1) is 7.63. The van der Waals surface area contributed by atoms with E-state index < -0.39 is 0 Å². The van der Waals surface area contributed by atoms with Crippen LogP contribution in [-0.4, -0.2) is 4.98 Å². The molecule has 90 valence electrons. The minimum atomic E-state index is 0.178. The molecule has 0 spiro atoms. The predicted molar refractivity (Wildman–Crippen MR) is 69.4 cm³/mol. The van der Waals surface area contributed by atoms with Crippen LogP contribution in [0.2, 0.25) is 0 Å². The third-order valence-electron chi connectivity index (χ3n) is 2.90. The van der Waals surface area contributed by atoms with Gasteiger partial charge in [0.05, 0.1) is 0 Å². The Hall–Kier alpha value is -0.890. The van der Waals surface area contributed by atoms with Gasteiger partial charge >= 0.3 is 0 Å². The highest BCUT2D eigenvalue weighted by Crippen LogP contribution is 2.18. The summed E-state index contributed by atoms with van der Waals surface area (Å²) in [7, 11) is 0. The summed E-state index contributed by atoms with van der Waals surface area (Å²) in [5.74, 6) is 0. The van der Waals surface area contributed by atoms with E-state index in [4.69, 9.17) is 5.73 Å². The molecule has 2 heteroatoms. The van der Waals surface area contributed by atoms with E-state index in [0.717, 1.165) is 17.8 Å². The summed E-state index contributed by atoms with van der Waals surface area (Å²) in [5.41, 5.74) is 9.56. The standard InChI is InChI=1S/C14H24N2/c1-4-5-6-7-8-14(15)13-9-11(2)16-12(3)10-13/h9-10,14H,4-8,15H2,1-3H3. The lowest BCUT2D eigenvalue weighted by molar-refractivity contribution is 0.565. The molecule has 2 N–H and O–H groups in total. The Labute approximate surface area is 99.3 Å². The molecule has 1 heterocycles. The number of unbranched alkanes of at least 4 members (excludes halogenated alkanes) is 3. The number of aromatic nitrogens is 1. The van der Waals surface area contributed by atoms with Gasteiger partial charge in [0, 0.05) is 17.4 Å². The van der Waals surface area contributed by atoms with Crippen LogP contribution in [0.4, 0.5) is 0 Å². The smallest absolute Gasteiger partial charge is 0.0379 e. The summed E-state index contributed by atoms with van der Waals surface area (Å²) in [4.78, 5) is 4.37. The van der Waals surface area contributed by atoms with Crippen molar-refractivity contribution in [3.8, 4) is 0 Å². The van der Waals surface area contributed by atoms with Crippen molar-refractivity contribution < 1.29 is 0 Å². The first-order valence-electron chi connectivity index (χ1n) is 6.34. The van der Waals surface area contributed by atoms with Crippen LogP contribution in [0, 0.1) is 13.8 Å². The second kappa shape index (κ2) is 6.64. The fraction of sp³-hybridized carbons (Fsp3) is 0.643. The molecule has 0 amide bonds. The highest BCUT2D eigenvalue weighted by molar-refractivity contribution is 5.23. The van der Waals surface area contributed by atoms with Gasteiger partial charge in [-0.15, -0.1) is 0 Å². The fourth-order valence-electron chi connectivity index (χ4n) is 2.04. The van der Waals surface area contributed by atoms with Gasteiger partial charge in [-0.25, -0.2) is 0 Å². The molecule has 0 aliphatic carbocycles. The van der Waals surface area contributed by atoms with Gasteiger partial charge in [-0.1, -0.05) is 32.6 Å². The second-order valence-electron chi connectivity index (χ2n) is 4.64. The molecule has 2 nitrogen and oxygen atoms in total. The van der Waals surface area contributed by atoms with Gasteiger partial charge in [0.2, 0.25) is 0 Å². The molecular formula is C14H24N2. The molecule has 16 heavy (non-hydrogen) atoms. The molecule has 0 aliphatic heterocycles. The maximum atomic E-state index is 6.19. The molecule has 1 atom stereocenters. The number of aryl methyl sites for hydroxylation is 2. The number of hydrogen-bond acceptors (Lipinski definition) is 2. The largest absolute Gasteiger partial charge is 0.324 e. The second-order valence-corrected chi connectivity index (χ2v) is 4.64. The first-order valence-corrected chi connectivity index (χ1v) is 6.34. The van der Waals surface area contributed by atoms with E-state index >= 15 is 0 Å². The monoisotopic (exact) mass is 220 g/mol. The van der Waals surface area contributed by atoms with Crippen LogP contribution in [0.1, 0.15) is 62.0 Å². The van der Waals surface area contributed by atoms with Crippen molar-refractivity contribution in [2.75, 3.05) is 0 Å². The molecular weight excluding hydrogens is 196 g/mol. The molecule has 0 radical (unpaired) electrons. The summed E-state index contributed by atoms with van der Waals surface area (Å²) in [6.07, 6.45) is 6.22. The zero-order chi connectivity index (χ0) is 12.0. The predicted octanol–water partition coefficient (Wildman–Crippen LogP) is 3.67. The molecule has 1 unspecified atom stereocenters. The molecule has 1 aromatic rings. The zero-order valence-corrected chi connectivity index (χ0v) is 10.8. The lowest BCUT2D eigenvalue weighted by Gasteiger charge is -2.13. The first kappa shape index (κ1) is 13.2. The van der Waals surface area contributed by atoms with E-state index in [2.05, 4.69) is 24.0 Å². The Balaban J connectivity index is 2.48. The summed E-state index contributed by atoms with van der Waals surface area (Å²) in [6.45, 7) is 6.29. The molecule has 1 aromatic heterocycles. The number of rotatable bonds is 6. The molecule has 0 aromatic carbocycles. The highest BCUT2D eigenvalue weighted by atomic mass is 14.7. The van der Waals surface area contributed by atoms with Crippen LogP contribution in [0.5, 0.6) is 0 Å². The highest BCUT2D eigenvalue weighted by Gasteiger charge is 2.07. The van der Waals surface area contributed by atoms with E-state index in [9.17, 15) is 0 Å². The molecule has 0 bridgehead atoms. The zero-order valence-electron chi connectivity index (χ0n) is 10.8. The van der Waals surface area contributed by atoms with Crippen LogP contribution in [0.25, 0.3) is 0 Å². The third-order valence-corrected chi connectivity index (χ3v) is 2.90. The number of nitrogens with zero attached hydrogens (tertiary/aromatic N) is 1. The van der Waals surface area contributed by atoms with E-state index in [-0.39, 0.29) is 6.04 Å². The molecule has 0 saturated carbocycles. The summed E-state index contributed by atoms with van der Waals surface area (Å²) in [5, 5.41) is 0. The van der Waals surface area contributed by atoms with Crippen LogP contribution >= 0.6 is 0 Å². The Morgan fingerprint density at radius 1 is 1.12 bits per heavy atom. The summed E-state index contributed by atoms with van der Waals surface area (Å²) >= 11 is 0. The van der Waals surface area contributed by atoms with Crippen LogP contribution in [0.3, 0.4) is 0 Å². The van der Waals surface area contributed by atoms with Gasteiger partial charge in [-0.2, -0.15) is 0 Å². The summed E-state index contributed by atoms with van der Waals surface area (Å²) < 4.78 is 0. The summed E-state index contributed by atoms with van der Waals surface area (Å²) in [6, 6.07) is 4.40. The van der Waals surface area contributed by atoms with Crippen molar-refractivity contribution in [3.05, 3.63) is 29.1 Å². The van der Waals surface area contributed by atoms with Crippen LogP contribution < -0.4 is 5.73 Å². The van der Waals surface area contributed by atoms with Crippen molar-refractivity contribution in [2.45, 2.75) is 58.9 Å². The SMILES string of the molecule is CCCCCCC(N)c1cc(C)nc(C)c1. The Morgan fingerprint density at radius 3 is 2.31 bits per heavy atom. The average molecular weight is 220 g/mol. The van der Waals surface area contributed by atoms with Gasteiger partial charge < -0.3 is 5.73 Å². The molecule has 0 saturated heterocycles. The Morgan fingerprint density at radius 2 is 1.75 bits per heavy atom. The van der Waals surface area contributed by atoms with Gasteiger partial charge in [-0.3, -0.25) is 4.98 Å². The third kappa shape index (κ3) is 4.31. The Bertz CT molecular complexity index is 300. The van der Waals surface area contributed by atoms with E-state index in [1.54, 1.807) is 0 Å². The minimum Gasteiger partial charge on any atom is -0.324 e. The van der Waals surface area contributed by atoms with E-state index in [1.165, 1.54) is 31.2 Å². The van der Waals surface area contributed by atoms with Crippen molar-refractivity contribution in [2.24, 2.45) is 5.73 Å². The van der Waals surface area contributed by atoms with Gasteiger partial charge in [0.15, 0.2) is 0 Å². The Kier molecular flexibility index (Phi) is 5.47. The number of hydrogen-bond donors (Lipinski definition) is 1. The van der Waals surface area contributed by atoms with Crippen LogP contribution in [-0.2, 0) is 0 Å². The van der Waals surface area contributed by atoms with Crippen molar-refractivity contribution in [3.63, 3.8) is 0 Å². The average Bonchev–Trinajstić information content (AvgIpc) is 2.22. The maximum Gasteiger partial charge on any atom is 0.0379 e.